The van der Waals surface area contributed by atoms with Crippen LogP contribution in [-0.2, 0) is 84.3 Å². The Morgan fingerprint density at radius 1 is 0.429 bits per heavy atom. The molecule has 0 saturated heterocycles. The number of aromatic nitrogens is 2. The van der Waals surface area contributed by atoms with Gasteiger partial charge in [0.25, 0.3) is 11.8 Å². The van der Waals surface area contributed by atoms with E-state index >= 15 is 0 Å². The van der Waals surface area contributed by atoms with Crippen molar-refractivity contribution in [2.24, 2.45) is 0 Å². The van der Waals surface area contributed by atoms with E-state index in [1.54, 1.807) is 12.5 Å². The monoisotopic (exact) mass is 805 g/mol. The first-order chi connectivity index (χ1) is 27.7. The van der Waals surface area contributed by atoms with Crippen LogP contribution in [0.25, 0.3) is 0 Å². The Bertz CT molecular complexity index is 1060. The fourth-order valence-electron chi connectivity index (χ4n) is 4.52. The molecule has 0 spiro atoms. The molecule has 0 radical (unpaired) electrons. The van der Waals surface area contributed by atoms with E-state index in [9.17, 15) is 9.59 Å². The van der Waals surface area contributed by atoms with Crippen molar-refractivity contribution in [3.8, 4) is 0 Å². The highest BCUT2D eigenvalue weighted by Crippen LogP contribution is 2.09. The van der Waals surface area contributed by atoms with E-state index in [2.05, 4.69) is 11.9 Å². The summed E-state index contributed by atoms with van der Waals surface area (Å²) in [6.07, 6.45) is 8.20. The van der Waals surface area contributed by atoms with Gasteiger partial charge in [-0.1, -0.05) is 13.3 Å². The van der Waals surface area contributed by atoms with Crippen molar-refractivity contribution in [1.29, 1.82) is 0 Å². The van der Waals surface area contributed by atoms with Gasteiger partial charge in [-0.05, 0) is 6.42 Å². The zero-order valence-electron chi connectivity index (χ0n) is 33.5. The highest BCUT2D eigenvalue weighted by Gasteiger charge is 2.24. The molecule has 2 heterocycles. The first kappa shape index (κ1) is 49.7. The Labute approximate surface area is 332 Å². The average molecular weight is 806 g/mol. The lowest BCUT2D eigenvalue weighted by molar-refractivity contribution is -0.137. The average Bonchev–Trinajstić information content (AvgIpc) is 3.79. The number of imide groups is 1. The highest BCUT2D eigenvalue weighted by molar-refractivity contribution is 6.12. The zero-order chi connectivity index (χ0) is 39.8. The van der Waals surface area contributed by atoms with Crippen LogP contribution in [0.1, 0.15) is 25.5 Å². The Hall–Kier alpha value is -2.43. The molecule has 1 aromatic rings. The van der Waals surface area contributed by atoms with Gasteiger partial charge in [-0.3, -0.25) is 14.5 Å². The molecule has 0 aliphatic carbocycles. The number of amides is 2. The van der Waals surface area contributed by atoms with Crippen molar-refractivity contribution < 1.29 is 71.2 Å². The Morgan fingerprint density at radius 2 is 0.714 bits per heavy atom. The summed E-state index contributed by atoms with van der Waals surface area (Å²) >= 11 is 0. The minimum absolute atomic E-state index is 0.158. The van der Waals surface area contributed by atoms with Gasteiger partial charge in [0.2, 0.25) is 0 Å². The fraction of sp³-hybridized carbons (Fsp3) is 0.816. The van der Waals surface area contributed by atoms with Crippen molar-refractivity contribution in [2.75, 3.05) is 172 Å². The highest BCUT2D eigenvalue weighted by atomic mass is 16.6. The number of ether oxygens (including phenoxy) is 13. The number of nitrogens with zero attached hydrogens (tertiary/aromatic N) is 3. The SMILES string of the molecule is CCCCOCCOCCOCCOCCOCCOCCOCCOCCOCCOCCOCCOCCOCCn1cnc(CN2C(=O)C=CC2=O)c1. The van der Waals surface area contributed by atoms with Gasteiger partial charge in [0.1, 0.15) is 0 Å². The largest absolute Gasteiger partial charge is 0.379 e. The summed E-state index contributed by atoms with van der Waals surface area (Å²) in [5.74, 6) is -0.644. The minimum Gasteiger partial charge on any atom is -0.379 e. The van der Waals surface area contributed by atoms with Gasteiger partial charge >= 0.3 is 0 Å². The summed E-state index contributed by atoms with van der Waals surface area (Å²) < 4.78 is 73.2. The van der Waals surface area contributed by atoms with Crippen LogP contribution in [0.3, 0.4) is 0 Å². The predicted molar refractivity (Wildman–Crippen MR) is 202 cm³/mol. The van der Waals surface area contributed by atoms with Gasteiger partial charge in [-0.25, -0.2) is 4.98 Å². The Balaban J connectivity index is 1.15. The van der Waals surface area contributed by atoms with Crippen molar-refractivity contribution in [3.05, 3.63) is 30.4 Å². The van der Waals surface area contributed by atoms with Crippen LogP contribution in [0.2, 0.25) is 0 Å². The van der Waals surface area contributed by atoms with Gasteiger partial charge < -0.3 is 66.1 Å². The summed E-state index contributed by atoms with van der Waals surface area (Å²) in [5.41, 5.74) is 0.643. The second-order valence-electron chi connectivity index (χ2n) is 12.0. The molecule has 0 N–H and O–H groups in total. The molecule has 1 aromatic heterocycles. The molecule has 0 atom stereocenters. The lowest BCUT2D eigenvalue weighted by atomic mass is 10.4. The maximum absolute atomic E-state index is 11.7. The molecule has 0 saturated carbocycles. The quantitative estimate of drug-likeness (QED) is 0.0682. The molecule has 0 fully saturated rings. The number of carbonyl (C=O) groups is 2. The summed E-state index contributed by atoms with van der Waals surface area (Å²) in [4.78, 5) is 28.7. The van der Waals surface area contributed by atoms with Crippen molar-refractivity contribution in [1.82, 2.24) is 14.5 Å². The zero-order valence-corrected chi connectivity index (χ0v) is 33.5. The van der Waals surface area contributed by atoms with Crippen molar-refractivity contribution in [2.45, 2.75) is 32.9 Å². The fourth-order valence-corrected chi connectivity index (χ4v) is 4.52. The van der Waals surface area contributed by atoms with Crippen LogP contribution >= 0.6 is 0 Å². The standard InChI is InChI=1S/C38H67N3O15/c1-2-3-7-44-9-11-46-13-15-48-17-19-50-21-23-52-25-27-54-29-31-56-32-30-55-28-26-53-24-22-51-20-18-49-16-14-47-12-10-45-8-6-40-33-36(39-35-40)34-41-37(42)4-5-38(41)43/h4-5,33,35H,2-3,6-32,34H2,1H3. The molecule has 1 aliphatic rings. The topological polar surface area (TPSA) is 175 Å². The normalized spacial score (nSPS) is 12.9. The van der Waals surface area contributed by atoms with Crippen molar-refractivity contribution >= 4 is 11.8 Å². The van der Waals surface area contributed by atoms with Crippen LogP contribution in [0, 0.1) is 0 Å². The second-order valence-corrected chi connectivity index (χ2v) is 12.0. The molecule has 0 bridgehead atoms. The number of unbranched alkanes of at least 4 members (excludes halogenated alkanes) is 1. The molecule has 18 heteroatoms. The molecule has 0 aromatic carbocycles. The number of hydrogen-bond acceptors (Lipinski definition) is 16. The number of rotatable bonds is 44. The third kappa shape index (κ3) is 29.8. The smallest absolute Gasteiger partial charge is 0.253 e. The number of hydrogen-bond donors (Lipinski definition) is 0. The van der Waals surface area contributed by atoms with E-state index in [-0.39, 0.29) is 18.4 Å². The van der Waals surface area contributed by atoms with Gasteiger partial charge in [-0.15, -0.1) is 0 Å². The molecule has 2 rings (SSSR count). The van der Waals surface area contributed by atoms with Crippen LogP contribution in [-0.4, -0.2) is 198 Å². The van der Waals surface area contributed by atoms with E-state index in [0.717, 1.165) is 24.3 Å². The van der Waals surface area contributed by atoms with Crippen LogP contribution < -0.4 is 0 Å². The maximum Gasteiger partial charge on any atom is 0.253 e. The first-order valence-corrected chi connectivity index (χ1v) is 19.8. The van der Waals surface area contributed by atoms with Crippen LogP contribution in [0.5, 0.6) is 0 Å². The number of imidazole rings is 1. The molecular formula is C38H67N3O15. The summed E-state index contributed by atoms with van der Waals surface area (Å²) in [6.45, 7) is 16.4. The van der Waals surface area contributed by atoms with Gasteiger partial charge in [-0.2, -0.15) is 0 Å². The van der Waals surface area contributed by atoms with Crippen LogP contribution in [0.15, 0.2) is 24.7 Å². The third-order valence-corrected chi connectivity index (χ3v) is 7.51. The number of carbonyl (C=O) groups excluding carboxylic acids is 2. The summed E-state index contributed by atoms with van der Waals surface area (Å²) in [7, 11) is 0. The van der Waals surface area contributed by atoms with E-state index < -0.39 is 0 Å². The lowest BCUT2D eigenvalue weighted by Gasteiger charge is -2.11. The van der Waals surface area contributed by atoms with Crippen molar-refractivity contribution in [3.63, 3.8) is 0 Å². The second kappa shape index (κ2) is 38.1. The molecule has 2 amide bonds. The van der Waals surface area contributed by atoms with Crippen LogP contribution in [0.4, 0.5) is 0 Å². The minimum atomic E-state index is -0.322. The first-order valence-electron chi connectivity index (χ1n) is 19.8. The molecule has 324 valence electrons. The molecular weight excluding hydrogens is 738 g/mol. The maximum atomic E-state index is 11.7. The van der Waals surface area contributed by atoms with E-state index in [0.29, 0.717) is 177 Å². The molecule has 56 heavy (non-hydrogen) atoms. The van der Waals surface area contributed by atoms with E-state index in [4.69, 9.17) is 61.6 Å². The third-order valence-electron chi connectivity index (χ3n) is 7.51. The summed E-state index contributed by atoms with van der Waals surface area (Å²) in [5, 5.41) is 0. The molecule has 18 nitrogen and oxygen atoms in total. The lowest BCUT2D eigenvalue weighted by Crippen LogP contribution is -2.29. The molecule has 1 aliphatic heterocycles. The van der Waals surface area contributed by atoms with Gasteiger partial charge in [0.05, 0.1) is 184 Å². The molecule has 0 unspecified atom stereocenters. The Kier molecular flexibility index (Phi) is 33.8. The summed E-state index contributed by atoms with van der Waals surface area (Å²) in [6, 6.07) is 0. The van der Waals surface area contributed by atoms with Gasteiger partial charge in [0, 0.05) is 31.5 Å². The Morgan fingerprint density at radius 3 is 1.02 bits per heavy atom. The van der Waals surface area contributed by atoms with Gasteiger partial charge in [0.15, 0.2) is 0 Å². The van der Waals surface area contributed by atoms with E-state index in [1.807, 2.05) is 4.57 Å². The predicted octanol–water partition coefficient (Wildman–Crippen LogP) is 1.32. The van der Waals surface area contributed by atoms with E-state index in [1.165, 1.54) is 12.2 Å².